The van der Waals surface area contributed by atoms with Gasteiger partial charge in [-0.15, -0.1) is 5.10 Å². The number of para-hydroxylation sites is 1. The molecular weight excluding hydrogens is 368 g/mol. The molecule has 0 saturated carbocycles. The smallest absolute Gasteiger partial charge is 0.337 e. The Morgan fingerprint density at radius 2 is 1.76 bits per heavy atom. The average Bonchev–Trinajstić information content (AvgIpc) is 2.79. The van der Waals surface area contributed by atoms with Gasteiger partial charge in [0, 0.05) is 37.6 Å². The number of piperazine rings is 1. The highest BCUT2D eigenvalue weighted by atomic mass is 16.5. The van der Waals surface area contributed by atoms with Gasteiger partial charge in [-0.05, 0) is 30.3 Å². The first-order valence-corrected chi connectivity index (χ1v) is 9.43. The second-order valence-electron chi connectivity index (χ2n) is 6.65. The fourth-order valence-corrected chi connectivity index (χ4v) is 3.28. The first-order chi connectivity index (χ1) is 14.2. The molecule has 0 unspecified atom stereocenters. The molecule has 0 amide bonds. The molecule has 1 N–H and O–H groups in total. The van der Waals surface area contributed by atoms with Crippen LogP contribution in [0.1, 0.15) is 10.4 Å². The van der Waals surface area contributed by atoms with Crippen molar-refractivity contribution < 1.29 is 9.53 Å². The second kappa shape index (κ2) is 8.55. The van der Waals surface area contributed by atoms with Crippen LogP contribution < -0.4 is 15.1 Å². The molecule has 1 fully saturated rings. The van der Waals surface area contributed by atoms with Gasteiger partial charge < -0.3 is 19.9 Å². The number of aromatic nitrogens is 3. The molecule has 1 saturated heterocycles. The highest BCUT2D eigenvalue weighted by Crippen LogP contribution is 2.20. The zero-order valence-corrected chi connectivity index (χ0v) is 16.2. The van der Waals surface area contributed by atoms with E-state index in [1.807, 2.05) is 12.1 Å². The van der Waals surface area contributed by atoms with Crippen molar-refractivity contribution >= 4 is 29.1 Å². The minimum absolute atomic E-state index is 0.383. The van der Waals surface area contributed by atoms with Crippen LogP contribution in [0.15, 0.2) is 60.8 Å². The number of anilines is 4. The van der Waals surface area contributed by atoms with E-state index in [2.05, 4.69) is 54.6 Å². The molecule has 1 aromatic heterocycles. The molecule has 0 aliphatic carbocycles. The van der Waals surface area contributed by atoms with Gasteiger partial charge in [-0.1, -0.05) is 24.3 Å². The summed E-state index contributed by atoms with van der Waals surface area (Å²) in [6.45, 7) is 3.42. The molecule has 2 aromatic carbocycles. The van der Waals surface area contributed by atoms with E-state index in [0.29, 0.717) is 17.3 Å². The van der Waals surface area contributed by atoms with Gasteiger partial charge in [0.1, 0.15) is 0 Å². The summed E-state index contributed by atoms with van der Waals surface area (Å²) in [6, 6.07) is 17.4. The summed E-state index contributed by atoms with van der Waals surface area (Å²) < 4.78 is 4.77. The molecule has 4 rings (SSSR count). The van der Waals surface area contributed by atoms with E-state index in [-0.39, 0.29) is 5.97 Å². The predicted molar refractivity (Wildman–Crippen MR) is 112 cm³/mol. The Morgan fingerprint density at radius 1 is 1.00 bits per heavy atom. The SMILES string of the molecule is COC(=O)c1cccc(Nc2cnnc(N3CCN(c4ccccc4)CC3)n2)c1. The van der Waals surface area contributed by atoms with Crippen LogP contribution in [0, 0.1) is 0 Å². The summed E-state index contributed by atoms with van der Waals surface area (Å²) in [5.74, 6) is 0.778. The van der Waals surface area contributed by atoms with Gasteiger partial charge >= 0.3 is 5.97 Å². The minimum Gasteiger partial charge on any atom is -0.465 e. The van der Waals surface area contributed by atoms with Gasteiger partial charge in [-0.3, -0.25) is 0 Å². The third-order valence-corrected chi connectivity index (χ3v) is 4.79. The Kier molecular flexibility index (Phi) is 5.51. The maximum absolute atomic E-state index is 11.7. The minimum atomic E-state index is -0.383. The summed E-state index contributed by atoms with van der Waals surface area (Å²) in [5.41, 5.74) is 2.43. The number of benzene rings is 2. The molecule has 0 spiro atoms. The molecule has 2 heterocycles. The number of methoxy groups -OCH3 is 1. The summed E-state index contributed by atoms with van der Waals surface area (Å²) in [4.78, 5) is 20.8. The third-order valence-electron chi connectivity index (χ3n) is 4.79. The van der Waals surface area contributed by atoms with Crippen molar-refractivity contribution in [3.8, 4) is 0 Å². The van der Waals surface area contributed by atoms with Crippen molar-refractivity contribution in [2.24, 2.45) is 0 Å². The Balaban J connectivity index is 1.42. The van der Waals surface area contributed by atoms with Gasteiger partial charge in [0.25, 0.3) is 0 Å². The van der Waals surface area contributed by atoms with Crippen LogP contribution in [-0.2, 0) is 4.74 Å². The predicted octanol–water partition coefficient (Wildman–Crippen LogP) is 2.73. The Hall–Kier alpha value is -3.68. The van der Waals surface area contributed by atoms with Crippen LogP contribution in [-0.4, -0.2) is 54.4 Å². The molecule has 148 valence electrons. The quantitative estimate of drug-likeness (QED) is 0.666. The Morgan fingerprint density at radius 3 is 2.52 bits per heavy atom. The number of hydrogen-bond donors (Lipinski definition) is 1. The number of ether oxygens (including phenoxy) is 1. The average molecular weight is 390 g/mol. The number of nitrogens with one attached hydrogen (secondary N) is 1. The summed E-state index contributed by atoms with van der Waals surface area (Å²) in [5, 5.41) is 11.5. The molecule has 8 heteroatoms. The number of carbonyl (C=O) groups is 1. The number of esters is 1. The van der Waals surface area contributed by atoms with E-state index in [0.717, 1.165) is 31.9 Å². The number of hydrogen-bond acceptors (Lipinski definition) is 8. The lowest BCUT2D eigenvalue weighted by Crippen LogP contribution is -2.47. The van der Waals surface area contributed by atoms with Crippen LogP contribution in [0.5, 0.6) is 0 Å². The molecule has 1 aliphatic rings. The van der Waals surface area contributed by atoms with Crippen molar-refractivity contribution in [3.05, 3.63) is 66.4 Å². The van der Waals surface area contributed by atoms with Gasteiger partial charge in [0.15, 0.2) is 5.82 Å². The third kappa shape index (κ3) is 4.43. The first-order valence-electron chi connectivity index (χ1n) is 9.43. The van der Waals surface area contributed by atoms with E-state index in [1.165, 1.54) is 12.8 Å². The topological polar surface area (TPSA) is 83.5 Å². The standard InChI is InChI=1S/C21H22N6O2/c1-29-20(28)16-6-5-7-17(14-16)23-19-15-22-25-21(24-19)27-12-10-26(11-13-27)18-8-3-2-4-9-18/h2-9,14-15H,10-13H2,1H3,(H,23,24,25). The molecule has 1 aliphatic heterocycles. The molecule has 3 aromatic rings. The van der Waals surface area contributed by atoms with E-state index >= 15 is 0 Å². The summed E-state index contributed by atoms with van der Waals surface area (Å²) in [7, 11) is 1.36. The van der Waals surface area contributed by atoms with Gasteiger partial charge in [0.2, 0.25) is 5.95 Å². The normalized spacial score (nSPS) is 13.8. The van der Waals surface area contributed by atoms with E-state index < -0.39 is 0 Å². The van der Waals surface area contributed by atoms with Crippen molar-refractivity contribution in [2.45, 2.75) is 0 Å². The lowest BCUT2D eigenvalue weighted by molar-refractivity contribution is 0.0601. The largest absolute Gasteiger partial charge is 0.465 e. The van der Waals surface area contributed by atoms with Crippen molar-refractivity contribution in [1.29, 1.82) is 0 Å². The van der Waals surface area contributed by atoms with E-state index in [1.54, 1.807) is 24.4 Å². The molecule has 0 radical (unpaired) electrons. The van der Waals surface area contributed by atoms with Crippen molar-refractivity contribution in [1.82, 2.24) is 15.2 Å². The molecule has 0 bridgehead atoms. The van der Waals surface area contributed by atoms with Crippen LogP contribution in [0.3, 0.4) is 0 Å². The van der Waals surface area contributed by atoms with Gasteiger partial charge in [0.05, 0.1) is 18.9 Å². The van der Waals surface area contributed by atoms with Gasteiger partial charge in [-0.25, -0.2) is 4.79 Å². The number of rotatable bonds is 5. The number of carbonyl (C=O) groups excluding carboxylic acids is 1. The highest BCUT2D eigenvalue weighted by Gasteiger charge is 2.20. The molecule has 29 heavy (non-hydrogen) atoms. The highest BCUT2D eigenvalue weighted by molar-refractivity contribution is 5.90. The maximum Gasteiger partial charge on any atom is 0.337 e. The van der Waals surface area contributed by atoms with Crippen molar-refractivity contribution in [2.75, 3.05) is 48.4 Å². The maximum atomic E-state index is 11.7. The fraction of sp³-hybridized carbons (Fsp3) is 0.238. The molecule has 0 atom stereocenters. The monoisotopic (exact) mass is 390 g/mol. The molecular formula is C21H22N6O2. The Labute approximate surface area is 169 Å². The fourth-order valence-electron chi connectivity index (χ4n) is 3.28. The Bertz CT molecular complexity index is 974. The lowest BCUT2D eigenvalue weighted by atomic mass is 10.2. The second-order valence-corrected chi connectivity index (χ2v) is 6.65. The van der Waals surface area contributed by atoms with Crippen LogP contribution >= 0.6 is 0 Å². The van der Waals surface area contributed by atoms with E-state index in [4.69, 9.17) is 4.74 Å². The van der Waals surface area contributed by atoms with Gasteiger partial charge in [-0.2, -0.15) is 10.1 Å². The zero-order valence-electron chi connectivity index (χ0n) is 16.2. The van der Waals surface area contributed by atoms with Crippen LogP contribution in [0.2, 0.25) is 0 Å². The van der Waals surface area contributed by atoms with Crippen molar-refractivity contribution in [3.63, 3.8) is 0 Å². The van der Waals surface area contributed by atoms with Crippen LogP contribution in [0.25, 0.3) is 0 Å². The van der Waals surface area contributed by atoms with E-state index in [9.17, 15) is 4.79 Å². The first kappa shape index (κ1) is 18.7. The lowest BCUT2D eigenvalue weighted by Gasteiger charge is -2.35. The molecule has 8 nitrogen and oxygen atoms in total. The zero-order chi connectivity index (χ0) is 20.1. The summed E-state index contributed by atoms with van der Waals surface area (Å²) >= 11 is 0. The van der Waals surface area contributed by atoms with Crippen LogP contribution in [0.4, 0.5) is 23.1 Å². The summed E-state index contributed by atoms with van der Waals surface area (Å²) in [6.07, 6.45) is 1.56. The number of nitrogens with zero attached hydrogens (tertiary/aromatic N) is 5.